The average molecular weight is 430 g/mol. The Morgan fingerprint density at radius 1 is 1.10 bits per heavy atom. The third-order valence-electron chi connectivity index (χ3n) is 5.13. The van der Waals surface area contributed by atoms with Gasteiger partial charge in [-0.3, -0.25) is 4.79 Å². The maximum atomic E-state index is 12.6. The number of hydrogen-bond donors (Lipinski definition) is 0. The van der Waals surface area contributed by atoms with Crippen LogP contribution in [0.3, 0.4) is 0 Å². The molecule has 0 saturated carbocycles. The number of nitrogens with zero attached hydrogens (tertiary/aromatic N) is 3. The van der Waals surface area contributed by atoms with Gasteiger partial charge in [0.05, 0.1) is 24.0 Å². The fourth-order valence-electron chi connectivity index (χ4n) is 3.69. The quantitative estimate of drug-likeness (QED) is 0.744. The molecule has 0 bridgehead atoms. The van der Waals surface area contributed by atoms with E-state index in [9.17, 15) is 13.2 Å². The Hall–Kier alpha value is -2.32. The Morgan fingerprint density at radius 2 is 1.79 bits per heavy atom. The lowest BCUT2D eigenvalue weighted by atomic mass is 10.1. The monoisotopic (exact) mass is 429 g/mol. The van der Waals surface area contributed by atoms with Crippen LogP contribution in [0.5, 0.6) is 0 Å². The van der Waals surface area contributed by atoms with Crippen LogP contribution in [-0.2, 0) is 21.1 Å². The predicted molar refractivity (Wildman–Crippen MR) is 120 cm³/mol. The standard InChI is InChI=1S/C21H23N3O3S2/c1-23(2)16-8-10-17(11-9-16)24-18-13-29(26,27)14-19(18)28-21(24)22-20(25)12-15-6-4-3-5-7-15/h3-11,18-19H,12-14H2,1-2H3/t18-,19+/m0/s1. The second-order valence-electron chi connectivity index (χ2n) is 7.53. The van der Waals surface area contributed by atoms with Gasteiger partial charge in [0.1, 0.15) is 0 Å². The highest BCUT2D eigenvalue weighted by Crippen LogP contribution is 2.41. The van der Waals surface area contributed by atoms with Crippen LogP contribution in [-0.4, -0.2) is 56.4 Å². The first-order chi connectivity index (χ1) is 13.8. The summed E-state index contributed by atoms with van der Waals surface area (Å²) in [5.41, 5.74) is 2.82. The summed E-state index contributed by atoms with van der Waals surface area (Å²) in [5.74, 6) is -0.0107. The van der Waals surface area contributed by atoms with Crippen molar-refractivity contribution in [3.8, 4) is 0 Å². The number of sulfone groups is 1. The molecule has 0 spiro atoms. The van der Waals surface area contributed by atoms with E-state index < -0.39 is 9.84 Å². The van der Waals surface area contributed by atoms with Gasteiger partial charge in [-0.25, -0.2) is 8.42 Å². The molecule has 29 heavy (non-hydrogen) atoms. The number of carbonyl (C=O) groups excluding carboxylic acids is 1. The van der Waals surface area contributed by atoms with Gasteiger partial charge in [0.15, 0.2) is 15.0 Å². The molecule has 2 aliphatic rings. The lowest BCUT2D eigenvalue weighted by Gasteiger charge is -2.25. The highest BCUT2D eigenvalue weighted by molar-refractivity contribution is 8.16. The van der Waals surface area contributed by atoms with Crippen LogP contribution in [0.25, 0.3) is 0 Å². The molecule has 4 rings (SSSR count). The van der Waals surface area contributed by atoms with E-state index in [0.717, 1.165) is 16.9 Å². The van der Waals surface area contributed by atoms with Gasteiger partial charge in [0.25, 0.3) is 5.91 Å². The molecule has 2 aromatic rings. The van der Waals surface area contributed by atoms with Crippen LogP contribution in [0.1, 0.15) is 5.56 Å². The largest absolute Gasteiger partial charge is 0.378 e. The highest BCUT2D eigenvalue weighted by atomic mass is 32.2. The van der Waals surface area contributed by atoms with Crippen molar-refractivity contribution >= 4 is 44.0 Å². The summed E-state index contributed by atoms with van der Waals surface area (Å²) in [7, 11) is 0.856. The molecule has 0 aromatic heterocycles. The van der Waals surface area contributed by atoms with Crippen molar-refractivity contribution in [2.24, 2.45) is 4.99 Å². The zero-order valence-electron chi connectivity index (χ0n) is 16.4. The molecular formula is C21H23N3O3S2. The Bertz CT molecular complexity index is 1030. The first-order valence-corrected chi connectivity index (χ1v) is 12.1. The first-order valence-electron chi connectivity index (χ1n) is 9.41. The Morgan fingerprint density at radius 3 is 2.45 bits per heavy atom. The summed E-state index contributed by atoms with van der Waals surface area (Å²) in [6.07, 6.45) is 0.228. The molecule has 2 aromatic carbocycles. The van der Waals surface area contributed by atoms with Crippen molar-refractivity contribution in [2.45, 2.75) is 17.7 Å². The third-order valence-corrected chi connectivity index (χ3v) is 8.34. The van der Waals surface area contributed by atoms with Crippen molar-refractivity contribution in [3.63, 3.8) is 0 Å². The van der Waals surface area contributed by atoms with Crippen LogP contribution >= 0.6 is 11.8 Å². The lowest BCUT2D eigenvalue weighted by molar-refractivity contribution is -0.117. The number of thioether (sulfide) groups is 1. The molecular weight excluding hydrogens is 406 g/mol. The summed E-state index contributed by atoms with van der Waals surface area (Å²) >= 11 is 1.40. The van der Waals surface area contributed by atoms with Gasteiger partial charge in [-0.1, -0.05) is 42.1 Å². The van der Waals surface area contributed by atoms with Gasteiger partial charge in [-0.2, -0.15) is 4.99 Å². The fourth-order valence-corrected chi connectivity index (χ4v) is 7.63. The second-order valence-corrected chi connectivity index (χ2v) is 10.9. The number of amidine groups is 1. The number of aliphatic imine (C=N–C) groups is 1. The minimum absolute atomic E-state index is 0.0893. The van der Waals surface area contributed by atoms with Gasteiger partial charge < -0.3 is 9.80 Å². The number of carbonyl (C=O) groups is 1. The second kappa shape index (κ2) is 7.84. The zero-order valence-corrected chi connectivity index (χ0v) is 18.0. The lowest BCUT2D eigenvalue weighted by Crippen LogP contribution is -2.37. The normalized spacial score (nSPS) is 23.9. The van der Waals surface area contributed by atoms with E-state index in [4.69, 9.17) is 0 Å². The van der Waals surface area contributed by atoms with Gasteiger partial charge in [-0.05, 0) is 29.8 Å². The number of benzene rings is 2. The van der Waals surface area contributed by atoms with Crippen LogP contribution < -0.4 is 9.80 Å². The van der Waals surface area contributed by atoms with Crippen LogP contribution in [0.15, 0.2) is 59.6 Å². The van der Waals surface area contributed by atoms with Gasteiger partial charge in [0, 0.05) is 30.7 Å². The van der Waals surface area contributed by atoms with Crippen molar-refractivity contribution in [1.82, 2.24) is 0 Å². The SMILES string of the molecule is CN(C)c1ccc(N2C(=NC(=O)Cc3ccccc3)S[C@@H]3CS(=O)(=O)C[C@@H]32)cc1. The summed E-state index contributed by atoms with van der Waals surface area (Å²) < 4.78 is 24.4. The Labute approximate surface area is 175 Å². The topological polar surface area (TPSA) is 70.0 Å². The van der Waals surface area contributed by atoms with Gasteiger partial charge in [0.2, 0.25) is 0 Å². The van der Waals surface area contributed by atoms with E-state index >= 15 is 0 Å². The molecule has 0 unspecified atom stereocenters. The van der Waals surface area contributed by atoms with Crippen LogP contribution in [0.2, 0.25) is 0 Å². The molecule has 0 aliphatic carbocycles. The Kier molecular flexibility index (Phi) is 5.40. The van der Waals surface area contributed by atoms with E-state index in [0.29, 0.717) is 5.17 Å². The van der Waals surface area contributed by atoms with Gasteiger partial charge >= 0.3 is 0 Å². The van der Waals surface area contributed by atoms with Crippen molar-refractivity contribution < 1.29 is 13.2 Å². The molecule has 2 atom stereocenters. The highest BCUT2D eigenvalue weighted by Gasteiger charge is 2.49. The molecule has 6 nitrogen and oxygen atoms in total. The van der Waals surface area contributed by atoms with E-state index in [1.807, 2.05) is 78.5 Å². The fraction of sp³-hybridized carbons (Fsp3) is 0.333. The molecule has 0 radical (unpaired) electrons. The van der Waals surface area contributed by atoms with Crippen LogP contribution in [0, 0.1) is 0 Å². The summed E-state index contributed by atoms with van der Waals surface area (Å²) in [6, 6.07) is 17.2. The molecule has 2 heterocycles. The zero-order chi connectivity index (χ0) is 20.6. The minimum Gasteiger partial charge on any atom is -0.378 e. The van der Waals surface area contributed by atoms with Gasteiger partial charge in [-0.15, -0.1) is 0 Å². The number of anilines is 2. The van der Waals surface area contributed by atoms with Crippen LogP contribution in [0.4, 0.5) is 11.4 Å². The smallest absolute Gasteiger partial charge is 0.252 e. The van der Waals surface area contributed by atoms with Crippen molar-refractivity contribution in [3.05, 3.63) is 60.2 Å². The third kappa shape index (κ3) is 4.33. The number of hydrogen-bond acceptors (Lipinski definition) is 5. The molecule has 8 heteroatoms. The van der Waals surface area contributed by atoms with Crippen molar-refractivity contribution in [2.75, 3.05) is 35.4 Å². The van der Waals surface area contributed by atoms with E-state index in [1.165, 1.54) is 11.8 Å². The van der Waals surface area contributed by atoms with Crippen molar-refractivity contribution in [1.29, 1.82) is 0 Å². The summed E-state index contributed by atoms with van der Waals surface area (Å²) in [5, 5.41) is 0.491. The number of amides is 1. The molecule has 2 aliphatic heterocycles. The first kappa shape index (κ1) is 20.0. The Balaban J connectivity index is 1.64. The molecule has 2 fully saturated rings. The average Bonchev–Trinajstić information content (AvgIpc) is 3.13. The molecule has 2 saturated heterocycles. The maximum Gasteiger partial charge on any atom is 0.252 e. The number of fused-ring (bicyclic) bond motifs is 1. The predicted octanol–water partition coefficient (Wildman–Crippen LogP) is 2.60. The molecule has 1 amide bonds. The minimum atomic E-state index is -3.08. The molecule has 0 N–H and O–H groups in total. The molecule has 152 valence electrons. The summed E-state index contributed by atoms with van der Waals surface area (Å²) in [4.78, 5) is 20.9. The van der Waals surface area contributed by atoms with E-state index in [-0.39, 0.29) is 35.1 Å². The summed E-state index contributed by atoms with van der Waals surface area (Å²) in [6.45, 7) is 0. The van der Waals surface area contributed by atoms with E-state index in [1.54, 1.807) is 0 Å². The van der Waals surface area contributed by atoms with E-state index in [2.05, 4.69) is 4.99 Å². The number of rotatable bonds is 4. The maximum absolute atomic E-state index is 12.6.